The molecule has 0 aliphatic carbocycles. The lowest BCUT2D eigenvalue weighted by Crippen LogP contribution is -2.41. The zero-order valence-electron chi connectivity index (χ0n) is 13.2. The largest absolute Gasteiger partial charge is 0.264 e. The molecule has 0 amide bonds. The van der Waals surface area contributed by atoms with Gasteiger partial charge in [-0.15, -0.1) is 0 Å². The lowest BCUT2D eigenvalue weighted by atomic mass is 10.1. The van der Waals surface area contributed by atoms with Gasteiger partial charge in [-0.05, 0) is 32.4 Å². The van der Waals surface area contributed by atoms with Gasteiger partial charge in [0.25, 0.3) is 10.0 Å². The molecule has 1 unspecified atom stereocenters. The van der Waals surface area contributed by atoms with Crippen LogP contribution in [-0.2, 0) is 10.0 Å². The molecule has 0 aromatic heterocycles. The SMILES string of the molecule is CCN=C(NS(=O)(=O)c1ccc(C)cc1)N1CC(CC)C=N1. The average molecular weight is 322 g/mol. The van der Waals surface area contributed by atoms with Crippen LogP contribution < -0.4 is 4.72 Å². The highest BCUT2D eigenvalue weighted by atomic mass is 32.2. The summed E-state index contributed by atoms with van der Waals surface area (Å²) in [5.74, 6) is 0.598. The minimum Gasteiger partial charge on any atom is -0.251 e. The molecule has 0 saturated heterocycles. The summed E-state index contributed by atoms with van der Waals surface area (Å²) in [6.07, 6.45) is 2.80. The molecule has 0 fully saturated rings. The van der Waals surface area contributed by atoms with E-state index < -0.39 is 10.0 Å². The normalized spacial score (nSPS) is 18.8. The third kappa shape index (κ3) is 3.85. The van der Waals surface area contributed by atoms with Crippen molar-refractivity contribution in [1.82, 2.24) is 9.73 Å². The second-order valence-corrected chi connectivity index (χ2v) is 6.91. The number of nitrogens with one attached hydrogen (secondary N) is 1. The summed E-state index contributed by atoms with van der Waals surface area (Å²) in [7, 11) is -3.66. The van der Waals surface area contributed by atoms with Gasteiger partial charge in [0, 0.05) is 18.7 Å². The lowest BCUT2D eigenvalue weighted by Gasteiger charge is -2.19. The molecule has 1 aliphatic rings. The summed E-state index contributed by atoms with van der Waals surface area (Å²) < 4.78 is 27.5. The highest BCUT2D eigenvalue weighted by Crippen LogP contribution is 2.14. The number of sulfonamides is 1. The van der Waals surface area contributed by atoms with Crippen LogP contribution in [0.5, 0.6) is 0 Å². The Hall–Kier alpha value is -1.89. The quantitative estimate of drug-likeness (QED) is 0.680. The number of hydrogen-bond acceptors (Lipinski definition) is 4. The number of hydrogen-bond donors (Lipinski definition) is 1. The summed E-state index contributed by atoms with van der Waals surface area (Å²) in [6, 6.07) is 6.71. The van der Waals surface area contributed by atoms with E-state index in [9.17, 15) is 8.42 Å². The summed E-state index contributed by atoms with van der Waals surface area (Å²) in [5.41, 5.74) is 1.01. The van der Waals surface area contributed by atoms with Gasteiger partial charge in [-0.1, -0.05) is 24.6 Å². The molecule has 0 bridgehead atoms. The maximum Gasteiger partial charge on any atom is 0.264 e. The molecular formula is C15H22N4O2S. The van der Waals surface area contributed by atoms with Crippen LogP contribution in [0.4, 0.5) is 0 Å². The third-order valence-electron chi connectivity index (χ3n) is 3.46. The minimum absolute atomic E-state index is 0.220. The molecule has 2 rings (SSSR count). The fourth-order valence-electron chi connectivity index (χ4n) is 2.08. The van der Waals surface area contributed by atoms with Crippen molar-refractivity contribution in [2.45, 2.75) is 32.1 Å². The van der Waals surface area contributed by atoms with Gasteiger partial charge in [-0.2, -0.15) is 5.10 Å². The van der Waals surface area contributed by atoms with Crippen LogP contribution in [0.2, 0.25) is 0 Å². The fourth-order valence-corrected chi connectivity index (χ4v) is 3.10. The number of rotatable bonds is 4. The van der Waals surface area contributed by atoms with Crippen molar-refractivity contribution in [3.63, 3.8) is 0 Å². The van der Waals surface area contributed by atoms with Crippen molar-refractivity contribution in [2.24, 2.45) is 16.0 Å². The van der Waals surface area contributed by atoms with E-state index in [1.807, 2.05) is 20.1 Å². The molecule has 0 saturated carbocycles. The molecule has 22 heavy (non-hydrogen) atoms. The Balaban J connectivity index is 2.19. The van der Waals surface area contributed by atoms with Crippen LogP contribution >= 0.6 is 0 Å². The third-order valence-corrected chi connectivity index (χ3v) is 4.80. The van der Waals surface area contributed by atoms with E-state index in [2.05, 4.69) is 21.7 Å². The van der Waals surface area contributed by atoms with Gasteiger partial charge in [0.2, 0.25) is 5.96 Å². The molecule has 1 aliphatic heterocycles. The first-order chi connectivity index (χ1) is 10.5. The molecule has 6 nitrogen and oxygen atoms in total. The first-order valence-corrected chi connectivity index (χ1v) is 8.90. The summed E-state index contributed by atoms with van der Waals surface area (Å²) in [5, 5.41) is 5.86. The van der Waals surface area contributed by atoms with E-state index in [1.54, 1.807) is 29.3 Å². The lowest BCUT2D eigenvalue weighted by molar-refractivity contribution is 0.429. The van der Waals surface area contributed by atoms with Crippen molar-refractivity contribution in [3.8, 4) is 0 Å². The van der Waals surface area contributed by atoms with Crippen LogP contribution in [0.25, 0.3) is 0 Å². The highest BCUT2D eigenvalue weighted by Gasteiger charge is 2.24. The molecule has 1 atom stereocenters. The second-order valence-electron chi connectivity index (χ2n) is 5.23. The molecule has 0 radical (unpaired) electrons. The zero-order valence-corrected chi connectivity index (χ0v) is 14.0. The first kappa shape index (κ1) is 16.5. The molecule has 1 heterocycles. The standard InChI is InChI=1S/C15H22N4O2S/c1-4-13-10-17-19(11-13)15(16-5-2)18-22(20,21)14-8-6-12(3)7-9-14/h6-10,13H,4-5,11H2,1-3H3,(H,16,18). The maximum absolute atomic E-state index is 12.5. The molecule has 120 valence electrons. The number of benzene rings is 1. The van der Waals surface area contributed by atoms with E-state index in [1.165, 1.54) is 0 Å². The van der Waals surface area contributed by atoms with E-state index in [-0.39, 0.29) is 10.9 Å². The predicted molar refractivity (Wildman–Crippen MR) is 88.5 cm³/mol. The summed E-state index contributed by atoms with van der Waals surface area (Å²) in [4.78, 5) is 4.46. The van der Waals surface area contributed by atoms with Crippen molar-refractivity contribution in [1.29, 1.82) is 0 Å². The van der Waals surface area contributed by atoms with Crippen LogP contribution in [0.15, 0.2) is 39.3 Å². The Labute approximate surface area is 132 Å². The van der Waals surface area contributed by atoms with Gasteiger partial charge in [0.15, 0.2) is 0 Å². The van der Waals surface area contributed by atoms with Crippen LogP contribution in [0, 0.1) is 12.8 Å². The number of hydrazone groups is 1. The average Bonchev–Trinajstić information content (AvgIpc) is 2.96. The highest BCUT2D eigenvalue weighted by molar-refractivity contribution is 7.90. The van der Waals surface area contributed by atoms with Gasteiger partial charge >= 0.3 is 0 Å². The minimum atomic E-state index is -3.66. The van der Waals surface area contributed by atoms with Crippen LogP contribution in [-0.4, -0.2) is 38.7 Å². The topological polar surface area (TPSA) is 74.1 Å². The molecule has 1 aromatic rings. The monoisotopic (exact) mass is 322 g/mol. The Morgan fingerprint density at radius 3 is 2.59 bits per heavy atom. The van der Waals surface area contributed by atoms with Crippen molar-refractivity contribution in [3.05, 3.63) is 29.8 Å². The van der Waals surface area contributed by atoms with Crippen molar-refractivity contribution >= 4 is 22.2 Å². The summed E-state index contributed by atoms with van der Waals surface area (Å²) in [6.45, 7) is 6.97. The zero-order chi connectivity index (χ0) is 16.2. The second kappa shape index (κ2) is 6.91. The molecule has 1 aromatic carbocycles. The first-order valence-electron chi connectivity index (χ1n) is 7.41. The maximum atomic E-state index is 12.5. The van der Waals surface area contributed by atoms with E-state index >= 15 is 0 Å². The number of guanidine groups is 1. The number of aryl methyl sites for hydroxylation is 1. The van der Waals surface area contributed by atoms with Crippen LogP contribution in [0.1, 0.15) is 25.8 Å². The Morgan fingerprint density at radius 2 is 2.05 bits per heavy atom. The van der Waals surface area contributed by atoms with Gasteiger partial charge in [-0.3, -0.25) is 4.99 Å². The van der Waals surface area contributed by atoms with Crippen LogP contribution in [0.3, 0.4) is 0 Å². The molecule has 1 N–H and O–H groups in total. The predicted octanol–water partition coefficient (Wildman–Crippen LogP) is 1.98. The molecular weight excluding hydrogens is 300 g/mol. The fraction of sp³-hybridized carbons (Fsp3) is 0.467. The summed E-state index contributed by atoms with van der Waals surface area (Å²) >= 11 is 0. The number of aliphatic imine (C=N–C) groups is 1. The number of nitrogens with zero attached hydrogens (tertiary/aromatic N) is 3. The van der Waals surface area contributed by atoms with Gasteiger partial charge in [0.1, 0.15) is 0 Å². The van der Waals surface area contributed by atoms with Crippen molar-refractivity contribution in [2.75, 3.05) is 13.1 Å². The van der Waals surface area contributed by atoms with Gasteiger partial charge in [0.05, 0.1) is 11.4 Å². The smallest absolute Gasteiger partial charge is 0.251 e. The van der Waals surface area contributed by atoms with Gasteiger partial charge in [-0.25, -0.2) is 18.1 Å². The molecule has 0 spiro atoms. The van der Waals surface area contributed by atoms with E-state index in [0.29, 0.717) is 19.0 Å². The van der Waals surface area contributed by atoms with Gasteiger partial charge < -0.3 is 0 Å². The van der Waals surface area contributed by atoms with E-state index in [0.717, 1.165) is 12.0 Å². The Kier molecular flexibility index (Phi) is 5.18. The van der Waals surface area contributed by atoms with Crippen molar-refractivity contribution < 1.29 is 8.42 Å². The Bertz CT molecular complexity index is 665. The van der Waals surface area contributed by atoms with E-state index in [4.69, 9.17) is 0 Å². The molecule has 7 heteroatoms. The Morgan fingerprint density at radius 1 is 1.36 bits per heavy atom.